The van der Waals surface area contributed by atoms with E-state index in [9.17, 15) is 14.5 Å². The topological polar surface area (TPSA) is 61.6 Å². The summed E-state index contributed by atoms with van der Waals surface area (Å²) in [5.74, 6) is -0.610. The van der Waals surface area contributed by atoms with Crippen LogP contribution in [0.2, 0.25) is 0 Å². The molecular weight excluding hydrogens is 332 g/mol. The van der Waals surface area contributed by atoms with Crippen LogP contribution >= 0.6 is 15.9 Å². The highest BCUT2D eigenvalue weighted by Gasteiger charge is 2.53. The second-order valence-corrected chi connectivity index (χ2v) is 6.43. The van der Waals surface area contributed by atoms with Crippen LogP contribution in [0.3, 0.4) is 0 Å². The average molecular weight is 346 g/mol. The van der Waals surface area contributed by atoms with E-state index < -0.39 is 29.1 Å². The highest BCUT2D eigenvalue weighted by molar-refractivity contribution is 9.10. The third-order valence-electron chi connectivity index (χ3n) is 3.79. The van der Waals surface area contributed by atoms with Crippen molar-refractivity contribution < 1.29 is 18.6 Å². The lowest BCUT2D eigenvalue weighted by molar-refractivity contribution is -0.385. The van der Waals surface area contributed by atoms with Crippen LogP contribution in [0.25, 0.3) is 0 Å². The number of nitro benzene ring substituents is 1. The third kappa shape index (κ3) is 2.36. The zero-order chi connectivity index (χ0) is 15.3. The van der Waals surface area contributed by atoms with E-state index in [1.54, 1.807) is 0 Å². The predicted octanol–water partition coefficient (Wildman–Crippen LogP) is 2.80. The van der Waals surface area contributed by atoms with Crippen molar-refractivity contribution in [2.45, 2.75) is 38.9 Å². The molecule has 108 valence electrons. The lowest BCUT2D eigenvalue weighted by Gasteiger charge is -2.32. The Bertz CT molecular complexity index is 563. The van der Waals surface area contributed by atoms with Gasteiger partial charge in [-0.2, -0.15) is 0 Å². The van der Waals surface area contributed by atoms with Crippen molar-refractivity contribution in [3.05, 3.63) is 32.5 Å². The van der Waals surface area contributed by atoms with Crippen LogP contribution in [0.4, 0.5) is 10.1 Å². The minimum absolute atomic E-state index is 0.0119. The summed E-state index contributed by atoms with van der Waals surface area (Å²) in [7, 11) is -0.991. The fourth-order valence-corrected chi connectivity index (χ4v) is 2.53. The van der Waals surface area contributed by atoms with Gasteiger partial charge in [-0.1, -0.05) is 0 Å². The molecule has 1 aromatic rings. The van der Waals surface area contributed by atoms with E-state index in [1.807, 2.05) is 27.7 Å². The molecule has 0 N–H and O–H groups in total. The number of benzene rings is 1. The maximum Gasteiger partial charge on any atom is 0.499 e. The van der Waals surface area contributed by atoms with Gasteiger partial charge in [-0.15, -0.1) is 0 Å². The molecule has 1 heterocycles. The first-order chi connectivity index (χ1) is 9.07. The molecule has 0 radical (unpaired) electrons. The Labute approximate surface area is 124 Å². The first kappa shape index (κ1) is 15.4. The van der Waals surface area contributed by atoms with Crippen molar-refractivity contribution >= 4 is 34.2 Å². The van der Waals surface area contributed by atoms with Gasteiger partial charge in [-0.05, 0) is 49.7 Å². The lowest BCUT2D eigenvalue weighted by atomic mass is 9.78. The number of rotatable bonds is 2. The zero-order valence-corrected chi connectivity index (χ0v) is 13.2. The molecule has 1 aliphatic heterocycles. The van der Waals surface area contributed by atoms with Gasteiger partial charge < -0.3 is 9.31 Å². The van der Waals surface area contributed by atoms with E-state index in [0.29, 0.717) is 0 Å². The lowest BCUT2D eigenvalue weighted by Crippen LogP contribution is -2.41. The summed E-state index contributed by atoms with van der Waals surface area (Å²) in [6.45, 7) is 7.32. The number of hydrogen-bond donors (Lipinski definition) is 0. The van der Waals surface area contributed by atoms with E-state index >= 15 is 0 Å². The van der Waals surface area contributed by atoms with E-state index in [2.05, 4.69) is 15.9 Å². The smallest absolute Gasteiger partial charge is 0.399 e. The summed E-state index contributed by atoms with van der Waals surface area (Å²) in [6, 6.07) is 2.15. The molecule has 1 fully saturated rings. The standard InChI is InChI=1S/C12H14BBrFNO4/c1-11(2)12(3,4)20-13(19-11)9-7(15)5-6-8(10(9)14)16(17)18/h5-6H,1-4H3. The maximum absolute atomic E-state index is 14.0. The third-order valence-corrected chi connectivity index (χ3v) is 4.63. The average Bonchev–Trinajstić information content (AvgIpc) is 2.47. The van der Waals surface area contributed by atoms with Gasteiger partial charge >= 0.3 is 7.12 Å². The number of hydrogen-bond acceptors (Lipinski definition) is 4. The van der Waals surface area contributed by atoms with Crippen LogP contribution in [-0.4, -0.2) is 23.2 Å². The molecule has 0 amide bonds. The molecule has 0 aromatic heterocycles. The largest absolute Gasteiger partial charge is 0.499 e. The summed E-state index contributed by atoms with van der Waals surface area (Å²) < 4.78 is 25.5. The normalized spacial score (nSPS) is 20.2. The Hall–Kier alpha value is -0.985. The number of nitrogens with zero attached hydrogens (tertiary/aromatic N) is 1. The van der Waals surface area contributed by atoms with E-state index in [1.165, 1.54) is 0 Å². The van der Waals surface area contributed by atoms with Gasteiger partial charge in [0.1, 0.15) is 5.82 Å². The van der Waals surface area contributed by atoms with Gasteiger partial charge in [0.15, 0.2) is 0 Å². The van der Waals surface area contributed by atoms with Gasteiger partial charge in [0, 0.05) is 11.5 Å². The first-order valence-electron chi connectivity index (χ1n) is 6.05. The molecule has 0 bridgehead atoms. The molecule has 2 rings (SSSR count). The maximum atomic E-state index is 14.0. The van der Waals surface area contributed by atoms with Crippen molar-refractivity contribution in [1.82, 2.24) is 0 Å². The van der Waals surface area contributed by atoms with Crippen molar-refractivity contribution in [3.63, 3.8) is 0 Å². The fourth-order valence-electron chi connectivity index (χ4n) is 1.88. The van der Waals surface area contributed by atoms with Gasteiger partial charge in [-0.25, -0.2) is 4.39 Å². The molecule has 0 atom stereocenters. The van der Waals surface area contributed by atoms with Gasteiger partial charge in [0.25, 0.3) is 5.69 Å². The van der Waals surface area contributed by atoms with Crippen LogP contribution in [-0.2, 0) is 9.31 Å². The Morgan fingerprint density at radius 3 is 2.20 bits per heavy atom. The van der Waals surface area contributed by atoms with Gasteiger partial charge in [0.05, 0.1) is 20.6 Å². The molecule has 0 spiro atoms. The van der Waals surface area contributed by atoms with E-state index in [0.717, 1.165) is 12.1 Å². The molecular formula is C12H14BBrFNO4. The summed E-state index contributed by atoms with van der Waals surface area (Å²) in [5.41, 5.74) is -1.50. The zero-order valence-electron chi connectivity index (χ0n) is 11.6. The van der Waals surface area contributed by atoms with Crippen LogP contribution in [0.15, 0.2) is 16.6 Å². The Kier molecular flexibility index (Phi) is 3.69. The molecule has 1 aliphatic rings. The molecule has 5 nitrogen and oxygen atoms in total. The van der Waals surface area contributed by atoms with Crippen LogP contribution in [0.5, 0.6) is 0 Å². The second kappa shape index (κ2) is 4.78. The number of nitro groups is 1. The van der Waals surface area contributed by atoms with Crippen molar-refractivity contribution in [2.24, 2.45) is 0 Å². The van der Waals surface area contributed by atoms with Crippen LogP contribution in [0, 0.1) is 15.9 Å². The first-order valence-corrected chi connectivity index (χ1v) is 6.84. The Morgan fingerprint density at radius 2 is 1.75 bits per heavy atom. The number of halogens is 2. The minimum atomic E-state index is -0.991. The summed E-state index contributed by atoms with van der Waals surface area (Å²) >= 11 is 3.08. The fraction of sp³-hybridized carbons (Fsp3) is 0.500. The van der Waals surface area contributed by atoms with Crippen molar-refractivity contribution in [2.75, 3.05) is 0 Å². The second-order valence-electron chi connectivity index (χ2n) is 5.64. The molecule has 0 aliphatic carbocycles. The van der Waals surface area contributed by atoms with Crippen molar-refractivity contribution in [3.8, 4) is 0 Å². The predicted molar refractivity (Wildman–Crippen MR) is 76.5 cm³/mol. The van der Waals surface area contributed by atoms with Gasteiger partial charge in [-0.3, -0.25) is 10.1 Å². The molecule has 1 saturated heterocycles. The molecule has 0 saturated carbocycles. The van der Waals surface area contributed by atoms with E-state index in [-0.39, 0.29) is 15.6 Å². The Morgan fingerprint density at radius 1 is 1.25 bits per heavy atom. The molecule has 0 unspecified atom stereocenters. The minimum Gasteiger partial charge on any atom is -0.399 e. The van der Waals surface area contributed by atoms with Crippen LogP contribution < -0.4 is 5.46 Å². The summed E-state index contributed by atoms with van der Waals surface area (Å²) in [4.78, 5) is 10.3. The monoisotopic (exact) mass is 345 g/mol. The quantitative estimate of drug-likeness (QED) is 0.469. The molecule has 20 heavy (non-hydrogen) atoms. The molecule has 1 aromatic carbocycles. The van der Waals surface area contributed by atoms with E-state index in [4.69, 9.17) is 9.31 Å². The summed E-state index contributed by atoms with van der Waals surface area (Å²) in [6.07, 6.45) is 0. The molecule has 8 heteroatoms. The highest BCUT2D eigenvalue weighted by atomic mass is 79.9. The highest BCUT2D eigenvalue weighted by Crippen LogP contribution is 2.38. The van der Waals surface area contributed by atoms with Crippen LogP contribution in [0.1, 0.15) is 27.7 Å². The van der Waals surface area contributed by atoms with Crippen molar-refractivity contribution in [1.29, 1.82) is 0 Å². The Balaban J connectivity index is 2.50. The summed E-state index contributed by atoms with van der Waals surface area (Å²) in [5, 5.41) is 10.9. The van der Waals surface area contributed by atoms with Gasteiger partial charge in [0.2, 0.25) is 0 Å². The SMILES string of the molecule is CC1(C)OB(c2c(F)ccc([N+](=O)[O-])c2Br)OC1(C)C.